The van der Waals surface area contributed by atoms with E-state index in [9.17, 15) is 0 Å². The van der Waals surface area contributed by atoms with Crippen LogP contribution >= 0.6 is 40.0 Å². The predicted molar refractivity (Wildman–Crippen MR) is 287 cm³/mol. The van der Waals surface area contributed by atoms with Gasteiger partial charge in [0.15, 0.2) is 0 Å². The Morgan fingerprint density at radius 3 is 1.09 bits per heavy atom. The van der Waals surface area contributed by atoms with E-state index in [2.05, 4.69) is 83.1 Å². The van der Waals surface area contributed by atoms with E-state index in [1.54, 1.807) is 77.0 Å². The lowest BCUT2D eigenvalue weighted by Gasteiger charge is -2.29. The summed E-state index contributed by atoms with van der Waals surface area (Å²) in [7, 11) is 2.12. The summed E-state index contributed by atoms with van der Waals surface area (Å²) >= 11 is 12.6. The van der Waals surface area contributed by atoms with Gasteiger partial charge in [-0.15, -0.1) is 0 Å². The maximum atomic E-state index is 7.44. The van der Waals surface area contributed by atoms with Crippen LogP contribution in [0.1, 0.15) is 105 Å². The number of methoxy groups -OCH3 is 4. The molecule has 0 saturated heterocycles. The molecule has 0 fully saturated rings. The van der Waals surface area contributed by atoms with E-state index < -0.39 is 38.5 Å². The van der Waals surface area contributed by atoms with Crippen molar-refractivity contribution in [3.05, 3.63) is 129 Å². The lowest BCUT2D eigenvalue weighted by atomic mass is 9.81. The zero-order valence-corrected chi connectivity index (χ0v) is 46.3. The summed E-state index contributed by atoms with van der Waals surface area (Å²) in [5.74, 6) is 4.46. The summed E-state index contributed by atoms with van der Waals surface area (Å²) < 4.78 is 66.2. The molecule has 372 valence electrons. The molecule has 7 rings (SSSR count). The van der Waals surface area contributed by atoms with Gasteiger partial charge in [0.2, 0.25) is 0 Å². The molecular weight excluding hydrogens is 965 g/mol. The molecule has 6 aromatic carbocycles. The molecular formula is C56H64Cl2O10P2. The summed E-state index contributed by atoms with van der Waals surface area (Å²) in [5.41, 5.74) is 4.10. The Labute approximate surface area is 425 Å². The van der Waals surface area contributed by atoms with Gasteiger partial charge in [-0.1, -0.05) is 106 Å². The van der Waals surface area contributed by atoms with Crippen LogP contribution in [0, 0.1) is 0 Å². The molecule has 0 aliphatic rings. The van der Waals surface area contributed by atoms with Crippen molar-refractivity contribution < 1.29 is 45.4 Å². The molecule has 0 spiro atoms. The van der Waals surface area contributed by atoms with Crippen LogP contribution in [-0.4, -0.2) is 28.4 Å². The van der Waals surface area contributed by atoms with E-state index in [1.807, 2.05) is 48.5 Å². The van der Waals surface area contributed by atoms with Crippen LogP contribution in [0.3, 0.4) is 0 Å². The highest BCUT2D eigenvalue weighted by Gasteiger charge is 2.34. The first-order valence-corrected chi connectivity index (χ1v) is 25.9. The Bertz CT molecular complexity index is 2920. The lowest BCUT2D eigenvalue weighted by molar-refractivity contribution is 0.380. The number of hydrogen-bond acceptors (Lipinski definition) is 10. The number of benzene rings is 6. The molecule has 7 aromatic rings. The Balaban J connectivity index is 1.59. The third-order valence-corrected chi connectivity index (χ3v) is 14.2. The molecule has 0 N–H and O–H groups in total. The smallest absolute Gasteiger partial charge is 0.497 e. The first kappa shape index (κ1) is 52.5. The van der Waals surface area contributed by atoms with Crippen molar-refractivity contribution in [3.8, 4) is 57.1 Å². The Kier molecular flexibility index (Phi) is 15.3. The van der Waals surface area contributed by atoms with Gasteiger partial charge < -0.3 is 45.4 Å². The summed E-state index contributed by atoms with van der Waals surface area (Å²) in [6.07, 6.45) is 0. The van der Waals surface area contributed by atoms with E-state index in [1.165, 1.54) is 0 Å². The Morgan fingerprint density at radius 1 is 0.400 bits per heavy atom. The molecule has 0 atom stereocenters. The number of rotatable bonds is 13. The number of hydrogen-bond donors (Lipinski definition) is 0. The van der Waals surface area contributed by atoms with Crippen molar-refractivity contribution in [1.29, 1.82) is 0 Å². The predicted octanol–water partition coefficient (Wildman–Crippen LogP) is 18.1. The first-order chi connectivity index (χ1) is 32.8. The third kappa shape index (κ3) is 11.7. The topological polar surface area (TPSA) is 100 Å². The molecule has 0 unspecified atom stereocenters. The van der Waals surface area contributed by atoms with Crippen LogP contribution in [0.25, 0.3) is 33.1 Å². The van der Waals surface area contributed by atoms with Crippen LogP contribution in [0.2, 0.25) is 10.0 Å². The van der Waals surface area contributed by atoms with Crippen molar-refractivity contribution >= 4 is 62.0 Å². The first-order valence-electron chi connectivity index (χ1n) is 22.9. The van der Waals surface area contributed by atoms with Gasteiger partial charge in [-0.25, -0.2) is 0 Å². The van der Waals surface area contributed by atoms with E-state index in [4.69, 9.17) is 68.6 Å². The molecule has 10 nitrogen and oxygen atoms in total. The highest BCUT2D eigenvalue weighted by Crippen LogP contribution is 2.55. The summed E-state index contributed by atoms with van der Waals surface area (Å²) in [6.45, 7) is 25.6. The molecule has 1 aromatic heterocycles. The molecule has 0 radical (unpaired) electrons. The molecule has 0 amide bonds. The average Bonchev–Trinajstić information content (AvgIpc) is 3.44. The molecule has 1 heterocycles. The minimum atomic E-state index is -2.29. The van der Waals surface area contributed by atoms with Crippen LogP contribution in [0.5, 0.6) is 46.0 Å². The zero-order valence-electron chi connectivity index (χ0n) is 43.0. The Hall–Kier alpha value is -5.37. The standard InChI is InChI=1S/C56H64Cl2O10P2/c1-53(2,3)45-29-37(59-13)25-41(49(45)65-69(63-35-21-17-33(57)18-22-35)64-36-23-19-34(58)20-24-36)42-26-38(60-14)30-46(54(4,5)6)50(42)66-70-67-51-43(27-39(61-15)31-47(51)55(7,8)9)44-28-40(62-16)32-48(52(44)68-70)56(10,11)12/h17-32H,1-16H3. The van der Waals surface area contributed by atoms with Gasteiger partial charge >= 0.3 is 16.8 Å². The maximum Gasteiger partial charge on any atom is 0.530 e. The number of fused-ring (bicyclic) bond motifs is 3. The van der Waals surface area contributed by atoms with Crippen LogP contribution < -0.4 is 37.0 Å². The zero-order chi connectivity index (χ0) is 51.1. The highest BCUT2D eigenvalue weighted by molar-refractivity contribution is 7.43. The number of ether oxygens (including phenoxy) is 4. The van der Waals surface area contributed by atoms with Crippen molar-refractivity contribution in [2.75, 3.05) is 28.4 Å². The van der Waals surface area contributed by atoms with Crippen molar-refractivity contribution in [3.63, 3.8) is 0 Å². The van der Waals surface area contributed by atoms with Gasteiger partial charge in [-0.2, -0.15) is 0 Å². The van der Waals surface area contributed by atoms with Crippen LogP contribution in [0.4, 0.5) is 0 Å². The number of halogens is 2. The van der Waals surface area contributed by atoms with Crippen LogP contribution in [-0.2, 0) is 21.7 Å². The van der Waals surface area contributed by atoms with Crippen molar-refractivity contribution in [2.45, 2.75) is 105 Å². The van der Waals surface area contributed by atoms with E-state index in [0.717, 1.165) is 33.0 Å². The van der Waals surface area contributed by atoms with Gasteiger partial charge in [0.05, 0.1) is 28.4 Å². The van der Waals surface area contributed by atoms with Gasteiger partial charge in [-0.05, 0) is 119 Å². The second-order valence-electron chi connectivity index (χ2n) is 21.1. The minimum absolute atomic E-state index is 0.394. The largest absolute Gasteiger partial charge is 0.530 e. The quantitative estimate of drug-likeness (QED) is 0.104. The molecule has 0 aliphatic carbocycles. The second kappa shape index (κ2) is 20.4. The summed E-state index contributed by atoms with van der Waals surface area (Å²) in [5, 5.41) is 2.69. The monoisotopic (exact) mass is 1030 g/mol. The van der Waals surface area contributed by atoms with Gasteiger partial charge in [0.25, 0.3) is 0 Å². The average molecular weight is 1030 g/mol. The third-order valence-electron chi connectivity index (χ3n) is 11.7. The fourth-order valence-electron chi connectivity index (χ4n) is 7.88. The summed E-state index contributed by atoms with van der Waals surface area (Å²) in [6, 6.07) is 29.9. The fourth-order valence-corrected chi connectivity index (χ4v) is 10.3. The van der Waals surface area contributed by atoms with E-state index >= 15 is 0 Å². The molecule has 0 bridgehead atoms. The van der Waals surface area contributed by atoms with Crippen molar-refractivity contribution in [1.82, 2.24) is 0 Å². The second-order valence-corrected chi connectivity index (χ2v) is 24.0. The molecule has 0 saturated carbocycles. The highest BCUT2D eigenvalue weighted by atomic mass is 35.5. The fraction of sp³-hybridized carbons (Fsp3) is 0.357. The van der Waals surface area contributed by atoms with Gasteiger partial charge in [0, 0.05) is 54.2 Å². The van der Waals surface area contributed by atoms with E-state index in [0.29, 0.717) is 78.3 Å². The maximum absolute atomic E-state index is 7.44. The SMILES string of the molecule is COc1cc(-c2cc(OC)cc(C(C)(C)C)c2Op2oc3c(C(C)(C)C)cc(OC)cc3c3cc(OC)cc(C(C)(C)C)c3o2)c(OP(Oc2ccc(Cl)cc2)Oc2ccc(Cl)cc2)c(C(C)(C)C)c1. The Morgan fingerprint density at radius 2 is 0.729 bits per heavy atom. The lowest BCUT2D eigenvalue weighted by Crippen LogP contribution is -2.16. The summed E-state index contributed by atoms with van der Waals surface area (Å²) in [4.78, 5) is 0. The normalized spacial score (nSPS) is 12.3. The van der Waals surface area contributed by atoms with Gasteiger partial charge in [-0.3, -0.25) is 0 Å². The van der Waals surface area contributed by atoms with Crippen molar-refractivity contribution in [2.24, 2.45) is 0 Å². The van der Waals surface area contributed by atoms with Gasteiger partial charge in [0.1, 0.15) is 57.2 Å². The van der Waals surface area contributed by atoms with E-state index in [-0.39, 0.29) is 0 Å². The molecule has 14 heteroatoms. The minimum Gasteiger partial charge on any atom is -0.497 e. The molecule has 0 aliphatic heterocycles. The molecule has 70 heavy (non-hydrogen) atoms. The van der Waals surface area contributed by atoms with Crippen LogP contribution in [0.15, 0.2) is 105 Å².